The normalized spacial score (nSPS) is 14.9. The zero-order chi connectivity index (χ0) is 11.3. The summed E-state index contributed by atoms with van der Waals surface area (Å²) in [7, 11) is 0. The Hall–Kier alpha value is -0.370. The number of hydrogen-bond donors (Lipinski definition) is 0. The summed E-state index contributed by atoms with van der Waals surface area (Å²) in [5.41, 5.74) is 1.15. The number of aryl methyl sites for hydroxylation is 1. The standard InChI is InChI=1S/C10H7BrFIN2O/c11-5-4-6-9-8(7(5)12)14-10(13)15(9)2-1-3-16-6/h4H,1-3H2. The van der Waals surface area contributed by atoms with E-state index in [4.69, 9.17) is 4.74 Å². The Morgan fingerprint density at radius 2 is 2.38 bits per heavy atom. The molecule has 1 aliphatic heterocycles. The Labute approximate surface area is 113 Å². The average Bonchev–Trinajstić information content (AvgIpc) is 2.46. The molecule has 3 nitrogen and oxygen atoms in total. The summed E-state index contributed by atoms with van der Waals surface area (Å²) in [6.45, 7) is 1.48. The molecule has 2 aromatic rings. The minimum absolute atomic E-state index is 0.319. The second-order valence-electron chi connectivity index (χ2n) is 3.60. The van der Waals surface area contributed by atoms with Crippen molar-refractivity contribution in [3.05, 3.63) is 20.2 Å². The summed E-state index contributed by atoms with van der Waals surface area (Å²) in [6, 6.07) is 1.68. The highest BCUT2D eigenvalue weighted by atomic mass is 127. The van der Waals surface area contributed by atoms with Crippen molar-refractivity contribution in [3.8, 4) is 5.75 Å². The molecule has 16 heavy (non-hydrogen) atoms. The topological polar surface area (TPSA) is 27.1 Å². The summed E-state index contributed by atoms with van der Waals surface area (Å²) in [4.78, 5) is 4.25. The monoisotopic (exact) mass is 396 g/mol. The van der Waals surface area contributed by atoms with Crippen molar-refractivity contribution < 1.29 is 9.13 Å². The first-order valence-electron chi connectivity index (χ1n) is 4.85. The highest BCUT2D eigenvalue weighted by Gasteiger charge is 2.21. The third-order valence-corrected chi connectivity index (χ3v) is 4.01. The average molecular weight is 397 g/mol. The molecule has 0 spiro atoms. The van der Waals surface area contributed by atoms with E-state index in [0.717, 1.165) is 22.3 Å². The molecule has 0 fully saturated rings. The molecule has 2 heterocycles. The van der Waals surface area contributed by atoms with Gasteiger partial charge in [-0.1, -0.05) is 0 Å². The molecule has 6 heteroatoms. The molecule has 0 amide bonds. The van der Waals surface area contributed by atoms with Gasteiger partial charge in [0.1, 0.15) is 16.8 Å². The Morgan fingerprint density at radius 3 is 3.19 bits per heavy atom. The highest BCUT2D eigenvalue weighted by Crippen LogP contribution is 2.35. The molecule has 3 rings (SSSR count). The molecule has 0 saturated carbocycles. The third-order valence-electron chi connectivity index (χ3n) is 2.61. The predicted molar refractivity (Wildman–Crippen MR) is 70.2 cm³/mol. The van der Waals surface area contributed by atoms with Crippen molar-refractivity contribution in [1.29, 1.82) is 0 Å². The lowest BCUT2D eigenvalue weighted by Crippen LogP contribution is -2.00. The number of hydrogen-bond acceptors (Lipinski definition) is 2. The molecule has 0 radical (unpaired) electrons. The zero-order valence-corrected chi connectivity index (χ0v) is 11.9. The number of imidazole rings is 1. The lowest BCUT2D eigenvalue weighted by Gasteiger charge is -2.05. The Balaban J connectivity index is 2.47. The van der Waals surface area contributed by atoms with Crippen LogP contribution in [0.1, 0.15) is 6.42 Å². The predicted octanol–water partition coefficient (Wildman–Crippen LogP) is 3.33. The van der Waals surface area contributed by atoms with Gasteiger partial charge in [0, 0.05) is 6.54 Å². The smallest absolute Gasteiger partial charge is 0.172 e. The fourth-order valence-corrected chi connectivity index (χ4v) is 3.03. The first kappa shape index (κ1) is 10.8. The van der Waals surface area contributed by atoms with Crippen molar-refractivity contribution in [2.75, 3.05) is 6.61 Å². The van der Waals surface area contributed by atoms with Crippen LogP contribution in [-0.4, -0.2) is 16.2 Å². The quantitative estimate of drug-likeness (QED) is 0.639. The van der Waals surface area contributed by atoms with Crippen LogP contribution in [0.2, 0.25) is 0 Å². The molecule has 0 bridgehead atoms. The van der Waals surface area contributed by atoms with Crippen molar-refractivity contribution in [3.63, 3.8) is 0 Å². The maximum absolute atomic E-state index is 13.9. The highest BCUT2D eigenvalue weighted by molar-refractivity contribution is 14.1. The molecule has 0 N–H and O–H groups in total. The van der Waals surface area contributed by atoms with Gasteiger partial charge in [-0.05, 0) is 51.0 Å². The number of nitrogens with zero attached hydrogens (tertiary/aromatic N) is 2. The van der Waals surface area contributed by atoms with E-state index in [-0.39, 0.29) is 5.82 Å². The number of halogens is 3. The maximum Gasteiger partial charge on any atom is 0.172 e. The minimum atomic E-state index is -0.319. The molecule has 84 valence electrons. The number of aromatic nitrogens is 2. The molecule has 1 aromatic heterocycles. The zero-order valence-electron chi connectivity index (χ0n) is 8.14. The van der Waals surface area contributed by atoms with Crippen LogP contribution in [0.3, 0.4) is 0 Å². The van der Waals surface area contributed by atoms with Crippen LogP contribution in [0, 0.1) is 9.65 Å². The Bertz CT molecular complexity index is 584. The molecule has 0 unspecified atom stereocenters. The number of benzene rings is 1. The van der Waals surface area contributed by atoms with E-state index < -0.39 is 0 Å². The second-order valence-corrected chi connectivity index (χ2v) is 5.42. The first-order valence-corrected chi connectivity index (χ1v) is 6.72. The van der Waals surface area contributed by atoms with E-state index in [1.807, 2.05) is 4.57 Å². The van der Waals surface area contributed by atoms with Crippen LogP contribution in [0.4, 0.5) is 4.39 Å². The Morgan fingerprint density at radius 1 is 1.56 bits per heavy atom. The van der Waals surface area contributed by atoms with Gasteiger partial charge < -0.3 is 9.30 Å². The molecule has 1 aromatic carbocycles. The fraction of sp³-hybridized carbons (Fsp3) is 0.300. The van der Waals surface area contributed by atoms with Gasteiger partial charge in [-0.25, -0.2) is 9.37 Å². The van der Waals surface area contributed by atoms with Gasteiger partial charge in [0.25, 0.3) is 0 Å². The summed E-state index contributed by atoms with van der Waals surface area (Å²) < 4.78 is 22.7. The van der Waals surface area contributed by atoms with Crippen molar-refractivity contribution in [2.24, 2.45) is 0 Å². The third kappa shape index (κ3) is 1.46. The van der Waals surface area contributed by atoms with Gasteiger partial charge in [0.15, 0.2) is 9.65 Å². The van der Waals surface area contributed by atoms with Crippen molar-refractivity contribution in [2.45, 2.75) is 13.0 Å². The van der Waals surface area contributed by atoms with E-state index in [9.17, 15) is 4.39 Å². The molecule has 1 aliphatic rings. The van der Waals surface area contributed by atoms with E-state index in [0.29, 0.717) is 22.3 Å². The van der Waals surface area contributed by atoms with E-state index >= 15 is 0 Å². The largest absolute Gasteiger partial charge is 0.491 e. The number of rotatable bonds is 0. The molecular weight excluding hydrogens is 390 g/mol. The second kappa shape index (κ2) is 3.83. The van der Waals surface area contributed by atoms with E-state index in [1.165, 1.54) is 0 Å². The van der Waals surface area contributed by atoms with Gasteiger partial charge in [0.05, 0.1) is 11.1 Å². The van der Waals surface area contributed by atoms with Gasteiger partial charge in [0.2, 0.25) is 0 Å². The van der Waals surface area contributed by atoms with E-state index in [2.05, 4.69) is 43.5 Å². The molecule has 0 saturated heterocycles. The molecule has 0 aliphatic carbocycles. The molecular formula is C10H7BrFIN2O. The van der Waals surface area contributed by atoms with Crippen LogP contribution in [-0.2, 0) is 6.54 Å². The number of ether oxygens (including phenoxy) is 1. The maximum atomic E-state index is 13.9. The summed E-state index contributed by atoms with van der Waals surface area (Å²) in [6.07, 6.45) is 0.912. The van der Waals surface area contributed by atoms with Crippen molar-refractivity contribution >= 4 is 49.6 Å². The van der Waals surface area contributed by atoms with E-state index in [1.54, 1.807) is 6.07 Å². The van der Waals surface area contributed by atoms with Gasteiger partial charge >= 0.3 is 0 Å². The van der Waals surface area contributed by atoms with Gasteiger partial charge in [-0.2, -0.15) is 0 Å². The molecule has 0 atom stereocenters. The van der Waals surface area contributed by atoms with Crippen LogP contribution in [0.5, 0.6) is 5.75 Å². The minimum Gasteiger partial charge on any atom is -0.491 e. The first-order chi connectivity index (χ1) is 7.68. The van der Waals surface area contributed by atoms with Crippen LogP contribution < -0.4 is 4.74 Å². The van der Waals surface area contributed by atoms with Gasteiger partial charge in [-0.3, -0.25) is 0 Å². The van der Waals surface area contributed by atoms with Crippen LogP contribution in [0.25, 0.3) is 11.0 Å². The summed E-state index contributed by atoms with van der Waals surface area (Å²) in [5, 5.41) is 0. The summed E-state index contributed by atoms with van der Waals surface area (Å²) >= 11 is 5.31. The lowest BCUT2D eigenvalue weighted by atomic mass is 10.3. The summed E-state index contributed by atoms with van der Waals surface area (Å²) in [5.74, 6) is 0.386. The van der Waals surface area contributed by atoms with Crippen molar-refractivity contribution in [1.82, 2.24) is 9.55 Å². The van der Waals surface area contributed by atoms with Gasteiger partial charge in [-0.15, -0.1) is 0 Å². The van der Waals surface area contributed by atoms with Crippen LogP contribution in [0.15, 0.2) is 10.5 Å². The Kier molecular flexibility index (Phi) is 2.58. The fourth-order valence-electron chi connectivity index (χ4n) is 1.91. The van der Waals surface area contributed by atoms with Crippen LogP contribution >= 0.6 is 38.5 Å². The lowest BCUT2D eigenvalue weighted by molar-refractivity contribution is 0.315. The SMILES string of the molecule is Fc1c(Br)cc2c3c1nc(I)n3CCCO2.